The maximum atomic E-state index is 12.5. The number of carbonyl (C=O) groups is 2. The van der Waals surface area contributed by atoms with Gasteiger partial charge in [-0.05, 0) is 52.9 Å². The van der Waals surface area contributed by atoms with Crippen LogP contribution in [-0.2, 0) is 23.7 Å². The van der Waals surface area contributed by atoms with Crippen molar-refractivity contribution in [3.05, 3.63) is 11.6 Å². The number of unbranched alkanes of at least 4 members (excludes halogenated alkanes) is 3. The van der Waals surface area contributed by atoms with Gasteiger partial charge in [0.25, 0.3) is 0 Å². The van der Waals surface area contributed by atoms with E-state index in [0.717, 1.165) is 38.5 Å². The fourth-order valence-corrected chi connectivity index (χ4v) is 5.34. The number of rotatable bonds is 13. The smallest absolute Gasteiger partial charge is 0.407 e. The van der Waals surface area contributed by atoms with E-state index in [9.17, 15) is 9.59 Å². The fourth-order valence-electron chi connectivity index (χ4n) is 5.34. The molecule has 34 heavy (non-hydrogen) atoms. The van der Waals surface area contributed by atoms with Gasteiger partial charge in [0.1, 0.15) is 23.4 Å². The van der Waals surface area contributed by atoms with Crippen LogP contribution >= 0.6 is 0 Å². The van der Waals surface area contributed by atoms with Crippen molar-refractivity contribution in [2.75, 3.05) is 33.4 Å². The van der Waals surface area contributed by atoms with Crippen LogP contribution in [0.25, 0.3) is 0 Å². The van der Waals surface area contributed by atoms with Crippen molar-refractivity contribution in [1.82, 2.24) is 10.6 Å². The van der Waals surface area contributed by atoms with Crippen molar-refractivity contribution in [2.45, 2.75) is 95.2 Å². The SMILES string of the molecule is COC1C(OC(=O)NCCCCCCNC(=O)CN)CCC2(CO2)C1[C@]1(C)O[C@@H]1CC=C(C)C. The number of amides is 2. The molecule has 1 spiro atoms. The van der Waals surface area contributed by atoms with Crippen LogP contribution in [0.5, 0.6) is 0 Å². The summed E-state index contributed by atoms with van der Waals surface area (Å²) in [6.07, 6.45) is 7.44. The third-order valence-electron chi connectivity index (χ3n) is 7.38. The van der Waals surface area contributed by atoms with Crippen LogP contribution < -0.4 is 16.4 Å². The predicted octanol–water partition coefficient (Wildman–Crippen LogP) is 2.42. The molecule has 4 unspecified atom stereocenters. The lowest BCUT2D eigenvalue weighted by molar-refractivity contribution is -0.119. The van der Waals surface area contributed by atoms with Gasteiger partial charge in [-0.3, -0.25) is 4.79 Å². The number of nitrogens with one attached hydrogen (secondary N) is 2. The summed E-state index contributed by atoms with van der Waals surface area (Å²) in [7, 11) is 1.68. The summed E-state index contributed by atoms with van der Waals surface area (Å²) in [6, 6.07) is 0. The summed E-state index contributed by atoms with van der Waals surface area (Å²) in [4.78, 5) is 23.6. The number of hydrogen-bond donors (Lipinski definition) is 3. The number of hydrogen-bond acceptors (Lipinski definition) is 7. The molecule has 0 aromatic heterocycles. The Bertz CT molecular complexity index is 736. The zero-order valence-corrected chi connectivity index (χ0v) is 21.2. The highest BCUT2D eigenvalue weighted by Crippen LogP contribution is 2.59. The lowest BCUT2D eigenvalue weighted by Gasteiger charge is -2.42. The zero-order valence-electron chi connectivity index (χ0n) is 21.2. The van der Waals surface area contributed by atoms with Crippen molar-refractivity contribution >= 4 is 12.0 Å². The van der Waals surface area contributed by atoms with Crippen molar-refractivity contribution in [3.63, 3.8) is 0 Å². The topological polar surface area (TPSA) is 128 Å². The molecule has 2 heterocycles. The van der Waals surface area contributed by atoms with Crippen LogP contribution in [0.15, 0.2) is 11.6 Å². The maximum Gasteiger partial charge on any atom is 0.407 e. The summed E-state index contributed by atoms with van der Waals surface area (Å²) in [5.74, 6) is -0.111. The number of epoxide rings is 2. The number of carbonyl (C=O) groups excluding carboxylic acids is 2. The predicted molar refractivity (Wildman–Crippen MR) is 128 cm³/mol. The van der Waals surface area contributed by atoms with Gasteiger partial charge < -0.3 is 35.3 Å². The first-order chi connectivity index (χ1) is 16.3. The highest BCUT2D eigenvalue weighted by Gasteiger charge is 2.72. The molecule has 2 aliphatic heterocycles. The fraction of sp³-hybridized carbons (Fsp3) is 0.840. The molecule has 6 atom stereocenters. The molecule has 4 N–H and O–H groups in total. The summed E-state index contributed by atoms with van der Waals surface area (Å²) >= 11 is 0. The minimum Gasteiger partial charge on any atom is -0.443 e. The van der Waals surface area contributed by atoms with Crippen molar-refractivity contribution in [1.29, 1.82) is 0 Å². The Morgan fingerprint density at radius 2 is 1.82 bits per heavy atom. The Morgan fingerprint density at radius 3 is 2.41 bits per heavy atom. The van der Waals surface area contributed by atoms with E-state index in [1.165, 1.54) is 5.57 Å². The average Bonchev–Trinajstić information content (AvgIpc) is 3.72. The summed E-state index contributed by atoms with van der Waals surface area (Å²) in [5, 5.41) is 5.62. The molecular formula is C25H43N3O6. The Kier molecular flexibility index (Phi) is 9.37. The van der Waals surface area contributed by atoms with E-state index in [-0.39, 0.29) is 47.9 Å². The van der Waals surface area contributed by atoms with E-state index < -0.39 is 6.09 Å². The first-order valence-electron chi connectivity index (χ1n) is 12.6. The molecule has 2 saturated heterocycles. The van der Waals surface area contributed by atoms with Crippen LogP contribution in [0.2, 0.25) is 0 Å². The highest BCUT2D eigenvalue weighted by atomic mass is 16.6. The van der Waals surface area contributed by atoms with Crippen LogP contribution in [0.3, 0.4) is 0 Å². The van der Waals surface area contributed by atoms with Crippen LogP contribution in [0, 0.1) is 5.92 Å². The van der Waals surface area contributed by atoms with E-state index in [1.807, 2.05) is 0 Å². The summed E-state index contributed by atoms with van der Waals surface area (Å²) in [6.45, 7) is 8.25. The van der Waals surface area contributed by atoms with Crippen LogP contribution in [-0.4, -0.2) is 74.9 Å². The minimum absolute atomic E-state index is 0.0203. The van der Waals surface area contributed by atoms with Gasteiger partial charge in [-0.2, -0.15) is 0 Å². The maximum absolute atomic E-state index is 12.5. The standard InChI is InChI=1S/C25H43N3O6/c1-17(2)9-10-19-24(3,34-19)22-21(31-4)18(11-12-25(22)16-32-25)33-23(30)28-14-8-6-5-7-13-27-20(29)15-26/h9,18-19,21-22H,5-8,10-16,26H2,1-4H3,(H,27,29)(H,28,30)/t18?,19-,21?,22?,24-,25?/m1/s1. The van der Waals surface area contributed by atoms with Gasteiger partial charge in [-0.1, -0.05) is 24.5 Å². The van der Waals surface area contributed by atoms with Crippen molar-refractivity contribution in [3.8, 4) is 0 Å². The molecule has 1 aliphatic carbocycles. The molecular weight excluding hydrogens is 438 g/mol. The van der Waals surface area contributed by atoms with Crippen molar-refractivity contribution < 1.29 is 28.5 Å². The molecule has 0 aromatic rings. The Hall–Kier alpha value is -1.68. The molecule has 0 aromatic carbocycles. The first kappa shape index (κ1) is 26.9. The third kappa shape index (κ3) is 6.71. The number of alkyl carbamates (subject to hydrolysis) is 1. The van der Waals surface area contributed by atoms with Gasteiger partial charge in [-0.15, -0.1) is 0 Å². The summed E-state index contributed by atoms with van der Waals surface area (Å²) in [5.41, 5.74) is 5.96. The molecule has 2 amide bonds. The van der Waals surface area contributed by atoms with Gasteiger partial charge in [0, 0.05) is 20.2 Å². The second kappa shape index (κ2) is 11.8. The second-order valence-corrected chi connectivity index (χ2v) is 10.2. The molecule has 3 aliphatic rings. The van der Waals surface area contributed by atoms with Crippen molar-refractivity contribution in [2.24, 2.45) is 11.7 Å². The molecule has 0 radical (unpaired) electrons. The minimum atomic E-state index is -0.406. The van der Waals surface area contributed by atoms with E-state index >= 15 is 0 Å². The van der Waals surface area contributed by atoms with Crippen LogP contribution in [0.4, 0.5) is 4.79 Å². The number of ether oxygens (including phenoxy) is 4. The Balaban J connectivity index is 1.43. The largest absolute Gasteiger partial charge is 0.443 e. The Morgan fingerprint density at radius 1 is 1.15 bits per heavy atom. The molecule has 0 bridgehead atoms. The molecule has 9 nitrogen and oxygen atoms in total. The summed E-state index contributed by atoms with van der Waals surface area (Å²) < 4.78 is 23.9. The van der Waals surface area contributed by atoms with E-state index in [2.05, 4.69) is 37.5 Å². The molecule has 3 rings (SSSR count). The van der Waals surface area contributed by atoms with E-state index in [4.69, 9.17) is 24.7 Å². The number of allylic oxidation sites excluding steroid dienone is 1. The third-order valence-corrected chi connectivity index (χ3v) is 7.38. The number of methoxy groups -OCH3 is 1. The van der Waals surface area contributed by atoms with Gasteiger partial charge in [-0.25, -0.2) is 4.79 Å². The Labute approximate surface area is 203 Å². The van der Waals surface area contributed by atoms with Crippen LogP contribution in [0.1, 0.15) is 65.7 Å². The normalized spacial score (nSPS) is 33.8. The first-order valence-corrected chi connectivity index (χ1v) is 12.6. The van der Waals surface area contributed by atoms with E-state index in [0.29, 0.717) is 26.1 Å². The lowest BCUT2D eigenvalue weighted by atomic mass is 9.68. The lowest BCUT2D eigenvalue weighted by Crippen LogP contribution is -2.56. The van der Waals surface area contributed by atoms with Gasteiger partial charge in [0.05, 0.1) is 25.2 Å². The van der Waals surface area contributed by atoms with E-state index in [1.54, 1.807) is 7.11 Å². The monoisotopic (exact) mass is 481 g/mol. The number of nitrogens with two attached hydrogens (primary N) is 1. The highest BCUT2D eigenvalue weighted by molar-refractivity contribution is 5.77. The molecule has 3 fully saturated rings. The van der Waals surface area contributed by atoms with Gasteiger partial charge in [0.2, 0.25) is 5.91 Å². The molecule has 194 valence electrons. The zero-order chi connectivity index (χ0) is 24.8. The average molecular weight is 482 g/mol. The second-order valence-electron chi connectivity index (χ2n) is 10.2. The quantitative estimate of drug-likeness (QED) is 0.209. The van der Waals surface area contributed by atoms with Gasteiger partial charge in [0.15, 0.2) is 0 Å². The van der Waals surface area contributed by atoms with Gasteiger partial charge >= 0.3 is 6.09 Å². The molecule has 1 saturated carbocycles. The molecule has 9 heteroatoms.